The fraction of sp³-hybridized carbons (Fsp3) is 0.385. The Hall–Kier alpha value is -1.62. The van der Waals surface area contributed by atoms with Crippen LogP contribution in [0.2, 0.25) is 0 Å². The quantitative estimate of drug-likeness (QED) is 0.697. The Morgan fingerprint density at radius 3 is 2.60 bits per heavy atom. The summed E-state index contributed by atoms with van der Waals surface area (Å²) >= 11 is 0. The van der Waals surface area contributed by atoms with Crippen LogP contribution in [-0.2, 0) is 10.2 Å². The van der Waals surface area contributed by atoms with Gasteiger partial charge in [0.05, 0.1) is 11.5 Å². The summed E-state index contributed by atoms with van der Waals surface area (Å²) in [5.74, 6) is 0.214. The highest BCUT2D eigenvalue weighted by Crippen LogP contribution is 2.37. The van der Waals surface area contributed by atoms with Crippen LogP contribution in [0.3, 0.4) is 0 Å². The van der Waals surface area contributed by atoms with E-state index in [2.05, 4.69) is 6.07 Å². The molecule has 1 atom stereocenters. The van der Waals surface area contributed by atoms with Crippen molar-refractivity contribution in [3.8, 4) is 6.07 Å². The molecule has 0 amide bonds. The Morgan fingerprint density at radius 1 is 1.27 bits per heavy atom. The molecule has 0 heterocycles. The molecule has 1 aliphatic rings. The Kier molecular flexibility index (Phi) is 2.55. The molecular weight excluding hydrogens is 186 g/mol. The number of nitrogens with zero attached hydrogens (tertiary/aromatic N) is 1. The molecule has 0 radical (unpaired) electrons. The summed E-state index contributed by atoms with van der Waals surface area (Å²) in [7, 11) is 0. The first kappa shape index (κ1) is 9.92. The van der Waals surface area contributed by atoms with E-state index in [-0.39, 0.29) is 5.78 Å². The van der Waals surface area contributed by atoms with Crippen LogP contribution in [0.4, 0.5) is 0 Å². The highest BCUT2D eigenvalue weighted by Gasteiger charge is 2.37. The van der Waals surface area contributed by atoms with Gasteiger partial charge in [-0.15, -0.1) is 0 Å². The zero-order valence-corrected chi connectivity index (χ0v) is 8.57. The monoisotopic (exact) mass is 199 g/mol. The number of Topliss-reactive ketones (excluding diaryl/α,β-unsaturated/α-hetero) is 1. The van der Waals surface area contributed by atoms with Crippen molar-refractivity contribution in [1.29, 1.82) is 5.26 Å². The predicted molar refractivity (Wildman–Crippen MR) is 57.2 cm³/mol. The molecular formula is C13H13NO. The van der Waals surface area contributed by atoms with E-state index in [4.69, 9.17) is 0 Å². The molecule has 1 saturated carbocycles. The van der Waals surface area contributed by atoms with Crippen LogP contribution >= 0.6 is 0 Å². The van der Waals surface area contributed by atoms with Crippen LogP contribution in [0.5, 0.6) is 0 Å². The molecule has 2 rings (SSSR count). The van der Waals surface area contributed by atoms with Crippen LogP contribution in [-0.4, -0.2) is 5.78 Å². The number of ketones is 1. The van der Waals surface area contributed by atoms with E-state index >= 15 is 0 Å². The largest absolute Gasteiger partial charge is 0.300 e. The minimum absolute atomic E-state index is 0.214. The van der Waals surface area contributed by atoms with Gasteiger partial charge in [0.15, 0.2) is 0 Å². The second kappa shape index (κ2) is 3.86. The van der Waals surface area contributed by atoms with Gasteiger partial charge < -0.3 is 0 Å². The highest BCUT2D eigenvalue weighted by molar-refractivity contribution is 5.81. The van der Waals surface area contributed by atoms with Crippen molar-refractivity contribution in [3.63, 3.8) is 0 Å². The van der Waals surface area contributed by atoms with Crippen molar-refractivity contribution < 1.29 is 4.79 Å². The Morgan fingerprint density at radius 2 is 2.00 bits per heavy atom. The minimum atomic E-state index is -0.559. The topological polar surface area (TPSA) is 40.9 Å². The third-order valence-corrected chi connectivity index (χ3v) is 3.10. The van der Waals surface area contributed by atoms with E-state index in [0.29, 0.717) is 12.8 Å². The smallest absolute Gasteiger partial charge is 0.134 e. The van der Waals surface area contributed by atoms with E-state index < -0.39 is 5.41 Å². The zero-order chi connectivity index (χ0) is 10.7. The molecule has 76 valence electrons. The standard InChI is InChI=1S/C13H13NO/c14-10-13(8-4-7-12(15)9-13)11-5-2-1-3-6-11/h1-3,5-6H,4,7-9H2/t13-/m0/s1. The molecule has 0 N–H and O–H groups in total. The second-order valence-electron chi connectivity index (χ2n) is 4.13. The molecule has 0 unspecified atom stereocenters. The summed E-state index contributed by atoms with van der Waals surface area (Å²) in [4.78, 5) is 11.5. The van der Waals surface area contributed by atoms with Gasteiger partial charge in [0.1, 0.15) is 5.78 Å². The zero-order valence-electron chi connectivity index (χ0n) is 8.57. The summed E-state index contributed by atoms with van der Waals surface area (Å²) in [5.41, 5.74) is 0.428. The van der Waals surface area contributed by atoms with Crippen molar-refractivity contribution in [2.75, 3.05) is 0 Å². The van der Waals surface area contributed by atoms with Gasteiger partial charge in [-0.2, -0.15) is 5.26 Å². The molecule has 1 aliphatic carbocycles. The molecule has 1 aromatic rings. The number of carbonyl (C=O) groups is 1. The van der Waals surface area contributed by atoms with Gasteiger partial charge in [-0.05, 0) is 18.4 Å². The van der Waals surface area contributed by atoms with Crippen LogP contribution in [0, 0.1) is 11.3 Å². The number of carbonyl (C=O) groups excluding carboxylic acids is 1. The normalized spacial score (nSPS) is 25.9. The minimum Gasteiger partial charge on any atom is -0.300 e. The average Bonchev–Trinajstić information content (AvgIpc) is 2.30. The van der Waals surface area contributed by atoms with Crippen molar-refractivity contribution >= 4 is 5.78 Å². The average molecular weight is 199 g/mol. The van der Waals surface area contributed by atoms with E-state index in [1.54, 1.807) is 0 Å². The van der Waals surface area contributed by atoms with E-state index in [1.165, 1.54) is 0 Å². The van der Waals surface area contributed by atoms with Crippen LogP contribution < -0.4 is 0 Å². The van der Waals surface area contributed by atoms with Crippen molar-refractivity contribution in [3.05, 3.63) is 35.9 Å². The fourth-order valence-electron chi connectivity index (χ4n) is 2.26. The van der Waals surface area contributed by atoms with Gasteiger partial charge in [-0.1, -0.05) is 30.3 Å². The molecule has 0 aromatic heterocycles. The molecule has 0 saturated heterocycles. The summed E-state index contributed by atoms with van der Waals surface area (Å²) in [6.07, 6.45) is 2.66. The number of rotatable bonds is 1. The first-order valence-electron chi connectivity index (χ1n) is 5.25. The molecule has 0 aliphatic heterocycles. The lowest BCUT2D eigenvalue weighted by atomic mass is 9.70. The molecule has 1 aromatic carbocycles. The van der Waals surface area contributed by atoms with Crippen LogP contribution in [0.25, 0.3) is 0 Å². The van der Waals surface area contributed by atoms with Crippen molar-refractivity contribution in [2.24, 2.45) is 0 Å². The van der Waals surface area contributed by atoms with E-state index in [0.717, 1.165) is 18.4 Å². The van der Waals surface area contributed by atoms with Gasteiger partial charge in [-0.3, -0.25) is 4.79 Å². The third-order valence-electron chi connectivity index (χ3n) is 3.10. The van der Waals surface area contributed by atoms with Gasteiger partial charge >= 0.3 is 0 Å². The maximum atomic E-state index is 11.5. The number of hydrogen-bond donors (Lipinski definition) is 0. The first-order chi connectivity index (χ1) is 7.27. The molecule has 0 spiro atoms. The highest BCUT2D eigenvalue weighted by atomic mass is 16.1. The lowest BCUT2D eigenvalue weighted by Crippen LogP contribution is -2.31. The fourth-order valence-corrected chi connectivity index (χ4v) is 2.26. The maximum Gasteiger partial charge on any atom is 0.134 e. The number of nitriles is 1. The Balaban J connectivity index is 2.38. The lowest BCUT2D eigenvalue weighted by Gasteiger charge is -2.30. The SMILES string of the molecule is N#C[C@]1(c2ccccc2)CCCC(=O)C1. The number of benzene rings is 1. The molecule has 0 bridgehead atoms. The van der Waals surface area contributed by atoms with E-state index in [1.807, 2.05) is 30.3 Å². The summed E-state index contributed by atoms with van der Waals surface area (Å²) in [5, 5.41) is 9.31. The molecule has 2 nitrogen and oxygen atoms in total. The third kappa shape index (κ3) is 1.78. The van der Waals surface area contributed by atoms with Crippen LogP contribution in [0.15, 0.2) is 30.3 Å². The first-order valence-corrected chi connectivity index (χ1v) is 5.25. The molecule has 2 heteroatoms. The molecule has 1 fully saturated rings. The van der Waals surface area contributed by atoms with Gasteiger partial charge in [0.25, 0.3) is 0 Å². The van der Waals surface area contributed by atoms with Crippen molar-refractivity contribution in [1.82, 2.24) is 0 Å². The Labute approximate surface area is 89.5 Å². The lowest BCUT2D eigenvalue weighted by molar-refractivity contribution is -0.121. The second-order valence-corrected chi connectivity index (χ2v) is 4.13. The maximum absolute atomic E-state index is 11.5. The van der Waals surface area contributed by atoms with Crippen LogP contribution in [0.1, 0.15) is 31.2 Å². The summed E-state index contributed by atoms with van der Waals surface area (Å²) < 4.78 is 0. The van der Waals surface area contributed by atoms with Gasteiger partial charge in [-0.25, -0.2) is 0 Å². The van der Waals surface area contributed by atoms with Crippen molar-refractivity contribution in [2.45, 2.75) is 31.1 Å². The number of hydrogen-bond acceptors (Lipinski definition) is 2. The van der Waals surface area contributed by atoms with Gasteiger partial charge in [0.2, 0.25) is 0 Å². The Bertz CT molecular complexity index is 404. The van der Waals surface area contributed by atoms with Gasteiger partial charge in [0, 0.05) is 12.8 Å². The van der Waals surface area contributed by atoms with E-state index in [9.17, 15) is 10.1 Å². The molecule has 15 heavy (non-hydrogen) atoms. The predicted octanol–water partition coefficient (Wildman–Crippen LogP) is 2.59. The summed E-state index contributed by atoms with van der Waals surface area (Å²) in [6.45, 7) is 0. The summed E-state index contributed by atoms with van der Waals surface area (Å²) in [6, 6.07) is 12.0.